The molecule has 0 amide bonds. The number of nitrogens with zero attached hydrogens (tertiary/aromatic N) is 1. The van der Waals surface area contributed by atoms with Gasteiger partial charge in [-0.2, -0.15) is 0 Å². The number of hydrogen-bond acceptors (Lipinski definition) is 3. The number of hydrogen-bond donors (Lipinski definition) is 1. The quantitative estimate of drug-likeness (QED) is 0.184. The summed E-state index contributed by atoms with van der Waals surface area (Å²) < 4.78 is 6.08. The molecule has 0 radical (unpaired) electrons. The van der Waals surface area contributed by atoms with E-state index in [1.165, 1.54) is 54.6 Å². The molecule has 0 spiro atoms. The lowest BCUT2D eigenvalue weighted by Crippen LogP contribution is -2.09. The van der Waals surface area contributed by atoms with Gasteiger partial charge in [0.15, 0.2) is 5.88 Å². The van der Waals surface area contributed by atoms with Crippen molar-refractivity contribution < 1.29 is 4.42 Å². The van der Waals surface area contributed by atoms with E-state index in [-0.39, 0.29) is 0 Å². The standard InChI is InChI=1S/C47H34N2O/c1-2-10-43-41-28-26-38(30-45(41)50-47(43)48)49(36-22-17-32(18-23-36)31-11-4-3-5-12-31)37-24-19-34(20-25-37)44-29-35-14-7-8-15-39(35)42-27-21-33-13-6-9-16-40(33)46(42)44/h2-30H,48H2,1H3/b10-2-. The topological polar surface area (TPSA) is 42.4 Å². The summed E-state index contributed by atoms with van der Waals surface area (Å²) in [6.07, 6.45) is 3.98. The molecule has 0 aliphatic heterocycles. The first kappa shape index (κ1) is 29.6. The van der Waals surface area contributed by atoms with Crippen LogP contribution in [0.5, 0.6) is 0 Å². The maximum absolute atomic E-state index is 6.31. The van der Waals surface area contributed by atoms with Crippen molar-refractivity contribution in [2.45, 2.75) is 6.92 Å². The van der Waals surface area contributed by atoms with Gasteiger partial charge in [0.2, 0.25) is 0 Å². The molecule has 0 bridgehead atoms. The van der Waals surface area contributed by atoms with E-state index in [9.17, 15) is 0 Å². The maximum Gasteiger partial charge on any atom is 0.198 e. The van der Waals surface area contributed by atoms with Crippen LogP contribution in [0.2, 0.25) is 0 Å². The molecule has 3 heteroatoms. The van der Waals surface area contributed by atoms with Crippen LogP contribution in [0.15, 0.2) is 174 Å². The fourth-order valence-electron chi connectivity index (χ4n) is 7.38. The molecular formula is C47H34N2O. The van der Waals surface area contributed by atoms with E-state index in [1.807, 2.05) is 25.1 Å². The average molecular weight is 643 g/mol. The highest BCUT2D eigenvalue weighted by molar-refractivity contribution is 6.23. The van der Waals surface area contributed by atoms with E-state index < -0.39 is 0 Å². The lowest BCUT2D eigenvalue weighted by atomic mass is 9.90. The Morgan fingerprint density at radius 2 is 1.10 bits per heavy atom. The van der Waals surface area contributed by atoms with Gasteiger partial charge in [-0.05, 0) is 104 Å². The minimum Gasteiger partial charge on any atom is -0.440 e. The average Bonchev–Trinajstić information content (AvgIpc) is 3.49. The van der Waals surface area contributed by atoms with Crippen molar-refractivity contribution in [1.29, 1.82) is 0 Å². The predicted octanol–water partition coefficient (Wildman–Crippen LogP) is 13.3. The van der Waals surface area contributed by atoms with Gasteiger partial charge in [0.25, 0.3) is 0 Å². The van der Waals surface area contributed by atoms with Crippen LogP contribution >= 0.6 is 0 Å². The van der Waals surface area contributed by atoms with Crippen molar-refractivity contribution in [3.63, 3.8) is 0 Å². The Morgan fingerprint density at radius 3 is 1.84 bits per heavy atom. The minimum absolute atomic E-state index is 0.425. The second kappa shape index (κ2) is 12.1. The molecule has 2 N–H and O–H groups in total. The number of anilines is 4. The molecule has 238 valence electrons. The molecule has 0 saturated carbocycles. The van der Waals surface area contributed by atoms with Crippen molar-refractivity contribution in [2.75, 3.05) is 10.6 Å². The van der Waals surface area contributed by atoms with E-state index >= 15 is 0 Å². The van der Waals surface area contributed by atoms with Gasteiger partial charge in [0.1, 0.15) is 5.58 Å². The summed E-state index contributed by atoms with van der Waals surface area (Å²) in [7, 11) is 0. The maximum atomic E-state index is 6.31. The van der Waals surface area contributed by atoms with Crippen molar-refractivity contribution in [3.05, 3.63) is 175 Å². The lowest BCUT2D eigenvalue weighted by Gasteiger charge is -2.26. The Bertz CT molecular complexity index is 2700. The van der Waals surface area contributed by atoms with Crippen LogP contribution in [0.3, 0.4) is 0 Å². The monoisotopic (exact) mass is 642 g/mol. The van der Waals surface area contributed by atoms with Crippen LogP contribution in [-0.4, -0.2) is 0 Å². The molecule has 1 aromatic heterocycles. The first-order valence-corrected chi connectivity index (χ1v) is 17.0. The molecule has 8 aromatic carbocycles. The number of nitrogens with two attached hydrogens (primary N) is 1. The summed E-state index contributed by atoms with van der Waals surface area (Å²) in [5, 5.41) is 8.55. The molecule has 0 fully saturated rings. The number of nitrogen functional groups attached to an aromatic ring is 1. The zero-order valence-corrected chi connectivity index (χ0v) is 27.7. The molecule has 1 heterocycles. The van der Waals surface area contributed by atoms with Crippen LogP contribution in [0, 0.1) is 0 Å². The number of benzene rings is 8. The van der Waals surface area contributed by atoms with Gasteiger partial charge < -0.3 is 15.1 Å². The summed E-state index contributed by atoms with van der Waals surface area (Å²) in [6.45, 7) is 1.99. The summed E-state index contributed by atoms with van der Waals surface area (Å²) in [5.74, 6) is 0.425. The fourth-order valence-corrected chi connectivity index (χ4v) is 7.38. The van der Waals surface area contributed by atoms with Crippen LogP contribution in [0.25, 0.3) is 71.6 Å². The molecule has 0 unspecified atom stereocenters. The van der Waals surface area contributed by atoms with E-state index in [4.69, 9.17) is 10.2 Å². The Labute approximate surface area is 291 Å². The number of allylic oxidation sites excluding steroid dienone is 1. The smallest absolute Gasteiger partial charge is 0.198 e. The minimum atomic E-state index is 0.425. The molecule has 9 aromatic rings. The van der Waals surface area contributed by atoms with Gasteiger partial charge in [0, 0.05) is 34.1 Å². The van der Waals surface area contributed by atoms with Crippen molar-refractivity contribution in [2.24, 2.45) is 0 Å². The third-order valence-corrected chi connectivity index (χ3v) is 9.75. The summed E-state index contributed by atoms with van der Waals surface area (Å²) in [5.41, 5.74) is 15.8. The molecule has 0 aliphatic rings. The van der Waals surface area contributed by atoms with E-state index in [2.05, 4.69) is 163 Å². The van der Waals surface area contributed by atoms with E-state index in [0.29, 0.717) is 5.88 Å². The highest BCUT2D eigenvalue weighted by Crippen LogP contribution is 2.42. The normalized spacial score (nSPS) is 11.7. The van der Waals surface area contributed by atoms with Crippen molar-refractivity contribution in [3.8, 4) is 22.3 Å². The Hall–Kier alpha value is -6.58. The molecule has 0 atom stereocenters. The van der Waals surface area contributed by atoms with Crippen LogP contribution in [0.4, 0.5) is 22.9 Å². The van der Waals surface area contributed by atoms with Gasteiger partial charge >= 0.3 is 0 Å². The SMILES string of the molecule is C/C=C\c1c(N)oc2cc(N(c3ccc(-c4ccccc4)cc3)c3ccc(-c4cc5ccccc5c5ccc6ccccc6c45)cc3)ccc12. The second-order valence-electron chi connectivity index (χ2n) is 12.7. The van der Waals surface area contributed by atoms with E-state index in [0.717, 1.165) is 33.6 Å². The zero-order valence-electron chi connectivity index (χ0n) is 27.7. The Kier molecular flexibility index (Phi) is 7.18. The molecule has 9 rings (SSSR count). The van der Waals surface area contributed by atoms with Gasteiger partial charge in [-0.15, -0.1) is 0 Å². The highest BCUT2D eigenvalue weighted by Gasteiger charge is 2.18. The number of rotatable bonds is 6. The first-order chi connectivity index (χ1) is 24.7. The lowest BCUT2D eigenvalue weighted by molar-refractivity contribution is 0.636. The molecular weight excluding hydrogens is 609 g/mol. The van der Waals surface area contributed by atoms with Gasteiger partial charge in [-0.1, -0.05) is 127 Å². The molecule has 50 heavy (non-hydrogen) atoms. The zero-order chi connectivity index (χ0) is 33.6. The molecule has 3 nitrogen and oxygen atoms in total. The third-order valence-electron chi connectivity index (χ3n) is 9.75. The second-order valence-corrected chi connectivity index (χ2v) is 12.7. The van der Waals surface area contributed by atoms with E-state index in [1.54, 1.807) is 0 Å². The predicted molar refractivity (Wildman–Crippen MR) is 213 cm³/mol. The van der Waals surface area contributed by atoms with Crippen LogP contribution in [0.1, 0.15) is 12.5 Å². The summed E-state index contributed by atoms with van der Waals surface area (Å²) in [4.78, 5) is 2.28. The van der Waals surface area contributed by atoms with Crippen LogP contribution < -0.4 is 10.6 Å². The number of furan rings is 1. The van der Waals surface area contributed by atoms with Gasteiger partial charge in [-0.3, -0.25) is 0 Å². The van der Waals surface area contributed by atoms with Crippen molar-refractivity contribution in [1.82, 2.24) is 0 Å². The Morgan fingerprint density at radius 1 is 0.500 bits per heavy atom. The third kappa shape index (κ3) is 4.99. The Balaban J connectivity index is 1.20. The molecule has 0 aliphatic carbocycles. The molecule has 0 saturated heterocycles. The first-order valence-electron chi connectivity index (χ1n) is 17.0. The van der Waals surface area contributed by atoms with Gasteiger partial charge in [0.05, 0.1) is 0 Å². The van der Waals surface area contributed by atoms with Crippen LogP contribution in [-0.2, 0) is 0 Å². The van der Waals surface area contributed by atoms with Crippen molar-refractivity contribution >= 4 is 72.3 Å². The van der Waals surface area contributed by atoms with Gasteiger partial charge in [-0.25, -0.2) is 0 Å². The fraction of sp³-hybridized carbons (Fsp3) is 0.0213. The summed E-state index contributed by atoms with van der Waals surface area (Å²) in [6, 6.07) is 58.7. The highest BCUT2D eigenvalue weighted by atomic mass is 16.3. The largest absolute Gasteiger partial charge is 0.440 e. The number of fused-ring (bicyclic) bond motifs is 6. The summed E-state index contributed by atoms with van der Waals surface area (Å²) >= 11 is 0.